The molecule has 0 saturated heterocycles. The molecule has 1 aromatic carbocycles. The largest absolute Gasteiger partial charge is 0.492 e. The summed E-state index contributed by atoms with van der Waals surface area (Å²) in [5.41, 5.74) is 0.186. The number of hydrogen-bond acceptors (Lipinski definition) is 4. The summed E-state index contributed by atoms with van der Waals surface area (Å²) >= 11 is 1.70. The first-order valence-electron chi connectivity index (χ1n) is 5.82. The Bertz CT molecular complexity index is 381. The quantitative estimate of drug-likeness (QED) is 0.709. The maximum absolute atomic E-state index is 10.9. The lowest BCUT2D eigenvalue weighted by molar-refractivity contribution is 0.0692. The van der Waals surface area contributed by atoms with Crippen LogP contribution in [0, 0.1) is 0 Å². The van der Waals surface area contributed by atoms with Crippen molar-refractivity contribution < 1.29 is 19.7 Å². The van der Waals surface area contributed by atoms with Crippen LogP contribution in [-0.2, 0) is 0 Å². The van der Waals surface area contributed by atoms with Gasteiger partial charge >= 0.3 is 5.97 Å². The smallest absolute Gasteiger partial charge is 0.339 e. The van der Waals surface area contributed by atoms with Gasteiger partial charge in [0.1, 0.15) is 11.3 Å². The van der Waals surface area contributed by atoms with Gasteiger partial charge in [-0.15, -0.1) is 0 Å². The van der Waals surface area contributed by atoms with Crippen LogP contribution in [-0.4, -0.2) is 40.4 Å². The third-order valence-corrected chi connectivity index (χ3v) is 3.60. The van der Waals surface area contributed by atoms with Crippen LogP contribution in [0.4, 0.5) is 0 Å². The number of hydrogen-bond donors (Lipinski definition) is 2. The van der Waals surface area contributed by atoms with Crippen LogP contribution in [0.25, 0.3) is 0 Å². The summed E-state index contributed by atoms with van der Waals surface area (Å²) < 4.78 is 5.46. The third-order valence-electron chi connectivity index (χ3n) is 2.40. The van der Waals surface area contributed by atoms with Crippen LogP contribution in [0.3, 0.4) is 0 Å². The summed E-state index contributed by atoms with van der Waals surface area (Å²) in [6.07, 6.45) is 0.760. The molecule has 1 rings (SSSR count). The predicted molar refractivity (Wildman–Crippen MR) is 72.5 cm³/mol. The SMILES string of the molecule is CC(CCO)SCCOc1ccccc1C(=O)O. The highest BCUT2D eigenvalue weighted by Crippen LogP contribution is 2.19. The van der Waals surface area contributed by atoms with E-state index in [0.717, 1.165) is 12.2 Å². The van der Waals surface area contributed by atoms with E-state index in [4.69, 9.17) is 14.9 Å². The molecule has 5 heteroatoms. The Kier molecular flexibility index (Phi) is 6.60. The summed E-state index contributed by atoms with van der Waals surface area (Å²) in [5, 5.41) is 18.1. The van der Waals surface area contributed by atoms with Crippen molar-refractivity contribution in [3.8, 4) is 5.75 Å². The molecule has 0 fully saturated rings. The van der Waals surface area contributed by atoms with Crippen LogP contribution in [0.15, 0.2) is 24.3 Å². The fraction of sp³-hybridized carbons (Fsp3) is 0.462. The van der Waals surface area contributed by atoms with Crippen LogP contribution < -0.4 is 4.74 Å². The van der Waals surface area contributed by atoms with Gasteiger partial charge in [-0.3, -0.25) is 0 Å². The Morgan fingerprint density at radius 1 is 1.44 bits per heavy atom. The molecule has 4 nitrogen and oxygen atoms in total. The zero-order valence-electron chi connectivity index (χ0n) is 10.3. The molecule has 100 valence electrons. The van der Waals surface area contributed by atoms with E-state index in [0.29, 0.717) is 17.6 Å². The number of thioether (sulfide) groups is 1. The van der Waals surface area contributed by atoms with Gasteiger partial charge in [0.2, 0.25) is 0 Å². The van der Waals surface area contributed by atoms with Crippen molar-refractivity contribution in [2.75, 3.05) is 19.0 Å². The van der Waals surface area contributed by atoms with E-state index in [1.807, 2.05) is 6.92 Å². The minimum atomic E-state index is -0.980. The molecule has 18 heavy (non-hydrogen) atoms. The maximum atomic E-state index is 10.9. The third kappa shape index (κ3) is 4.98. The minimum Gasteiger partial charge on any atom is -0.492 e. The fourth-order valence-corrected chi connectivity index (χ4v) is 2.29. The summed E-state index contributed by atoms with van der Waals surface area (Å²) in [6, 6.07) is 6.61. The first kappa shape index (κ1) is 14.9. The van der Waals surface area contributed by atoms with E-state index in [1.54, 1.807) is 30.0 Å². The van der Waals surface area contributed by atoms with Gasteiger partial charge in [0.15, 0.2) is 0 Å². The Hall–Kier alpha value is -1.20. The molecule has 0 aliphatic rings. The molecular weight excluding hydrogens is 252 g/mol. The molecular formula is C13H18O4S. The van der Waals surface area contributed by atoms with Gasteiger partial charge in [0, 0.05) is 17.6 Å². The molecule has 2 N–H and O–H groups in total. The Labute approximate surface area is 111 Å². The fourth-order valence-electron chi connectivity index (χ4n) is 1.44. The van der Waals surface area contributed by atoms with Crippen LogP contribution in [0.1, 0.15) is 23.7 Å². The molecule has 1 aromatic rings. The summed E-state index contributed by atoms with van der Waals surface area (Å²) in [5.74, 6) is 0.196. The summed E-state index contributed by atoms with van der Waals surface area (Å²) in [7, 11) is 0. The van der Waals surface area contributed by atoms with Gasteiger partial charge in [-0.25, -0.2) is 4.79 Å². The number of rotatable bonds is 8. The van der Waals surface area contributed by atoms with E-state index in [2.05, 4.69) is 0 Å². The number of aromatic carboxylic acids is 1. The molecule has 0 saturated carbocycles. The number of carboxylic acids is 1. The van der Waals surface area contributed by atoms with Crippen molar-refractivity contribution in [2.45, 2.75) is 18.6 Å². The average Bonchev–Trinajstić information content (AvgIpc) is 2.35. The van der Waals surface area contributed by atoms with E-state index < -0.39 is 5.97 Å². The minimum absolute atomic E-state index is 0.186. The molecule has 0 aromatic heterocycles. The van der Waals surface area contributed by atoms with Crippen molar-refractivity contribution >= 4 is 17.7 Å². The number of benzene rings is 1. The van der Waals surface area contributed by atoms with Crippen LogP contribution in [0.5, 0.6) is 5.75 Å². The lowest BCUT2D eigenvalue weighted by Crippen LogP contribution is -2.08. The zero-order chi connectivity index (χ0) is 13.4. The molecule has 0 aliphatic heterocycles. The number of ether oxygens (including phenoxy) is 1. The highest BCUT2D eigenvalue weighted by atomic mass is 32.2. The molecule has 1 unspecified atom stereocenters. The molecule has 1 atom stereocenters. The Balaban J connectivity index is 2.37. The maximum Gasteiger partial charge on any atom is 0.339 e. The highest BCUT2D eigenvalue weighted by Gasteiger charge is 2.10. The normalized spacial score (nSPS) is 12.1. The van der Waals surface area contributed by atoms with Gasteiger partial charge < -0.3 is 14.9 Å². The number of para-hydroxylation sites is 1. The number of carbonyl (C=O) groups is 1. The molecule has 0 bridgehead atoms. The second kappa shape index (κ2) is 8.00. The van der Waals surface area contributed by atoms with Gasteiger partial charge in [-0.2, -0.15) is 11.8 Å². The number of aliphatic hydroxyl groups is 1. The van der Waals surface area contributed by atoms with Gasteiger partial charge in [-0.05, 0) is 18.6 Å². The van der Waals surface area contributed by atoms with E-state index in [1.165, 1.54) is 6.07 Å². The molecule has 0 spiro atoms. The molecule has 0 amide bonds. The first-order valence-corrected chi connectivity index (χ1v) is 6.87. The molecule has 0 radical (unpaired) electrons. The first-order chi connectivity index (χ1) is 8.65. The van der Waals surface area contributed by atoms with E-state index >= 15 is 0 Å². The highest BCUT2D eigenvalue weighted by molar-refractivity contribution is 7.99. The summed E-state index contributed by atoms with van der Waals surface area (Å²) in [4.78, 5) is 10.9. The standard InChI is InChI=1S/C13H18O4S/c1-10(6-7-14)18-9-8-17-12-5-3-2-4-11(12)13(15)16/h2-5,10,14H,6-9H2,1H3,(H,15,16). The number of aliphatic hydroxyl groups excluding tert-OH is 1. The van der Waals surface area contributed by atoms with E-state index in [-0.39, 0.29) is 12.2 Å². The monoisotopic (exact) mass is 270 g/mol. The van der Waals surface area contributed by atoms with Crippen molar-refractivity contribution in [3.63, 3.8) is 0 Å². The van der Waals surface area contributed by atoms with Crippen molar-refractivity contribution in [1.82, 2.24) is 0 Å². The second-order valence-electron chi connectivity index (χ2n) is 3.84. The second-order valence-corrected chi connectivity index (χ2v) is 5.39. The van der Waals surface area contributed by atoms with Crippen LogP contribution >= 0.6 is 11.8 Å². The zero-order valence-corrected chi connectivity index (χ0v) is 11.2. The van der Waals surface area contributed by atoms with Crippen molar-refractivity contribution in [2.24, 2.45) is 0 Å². The van der Waals surface area contributed by atoms with Gasteiger partial charge in [0.25, 0.3) is 0 Å². The number of carboxylic acid groups (broad SMARTS) is 1. The predicted octanol–water partition coefficient (Wildman–Crippen LogP) is 2.27. The van der Waals surface area contributed by atoms with Crippen molar-refractivity contribution in [3.05, 3.63) is 29.8 Å². The average molecular weight is 270 g/mol. The Morgan fingerprint density at radius 2 is 2.17 bits per heavy atom. The lowest BCUT2D eigenvalue weighted by atomic mass is 10.2. The molecule has 0 aliphatic carbocycles. The van der Waals surface area contributed by atoms with E-state index in [9.17, 15) is 4.79 Å². The molecule has 0 heterocycles. The topological polar surface area (TPSA) is 66.8 Å². The van der Waals surface area contributed by atoms with Crippen molar-refractivity contribution in [1.29, 1.82) is 0 Å². The van der Waals surface area contributed by atoms with Gasteiger partial charge in [-0.1, -0.05) is 19.1 Å². The van der Waals surface area contributed by atoms with Gasteiger partial charge in [0.05, 0.1) is 6.61 Å². The van der Waals surface area contributed by atoms with Crippen LogP contribution in [0.2, 0.25) is 0 Å². The Morgan fingerprint density at radius 3 is 2.83 bits per heavy atom. The summed E-state index contributed by atoms with van der Waals surface area (Å²) in [6.45, 7) is 2.70. The lowest BCUT2D eigenvalue weighted by Gasteiger charge is -2.11.